The number of hydrogen-bond donors (Lipinski definition) is 0. The third kappa shape index (κ3) is 6.49. The van der Waals surface area contributed by atoms with E-state index in [2.05, 4.69) is 236 Å². The molecule has 0 saturated heterocycles. The minimum Gasteiger partial charge on any atom is -0.455 e. The molecule has 8 aromatic carbocycles. The van der Waals surface area contributed by atoms with Crippen LogP contribution in [0, 0.1) is 0 Å². The van der Waals surface area contributed by atoms with Gasteiger partial charge < -0.3 is 14.2 Å². The Labute approximate surface area is 379 Å². The van der Waals surface area contributed by atoms with Crippen molar-refractivity contribution in [1.82, 2.24) is 0 Å². The van der Waals surface area contributed by atoms with E-state index in [-0.39, 0.29) is 23.0 Å². The first-order valence-corrected chi connectivity index (χ1v) is 22.9. The molecule has 64 heavy (non-hydrogen) atoms. The van der Waals surface area contributed by atoms with Crippen LogP contribution in [0.25, 0.3) is 44.2 Å². The Bertz CT molecular complexity index is 3280. The molecule has 0 aliphatic carbocycles. The number of rotatable bonds is 4. The topological polar surface area (TPSA) is 19.6 Å². The number of furan rings is 1. The molecule has 0 amide bonds. The van der Waals surface area contributed by atoms with Crippen molar-refractivity contribution >= 4 is 79.2 Å². The third-order valence-corrected chi connectivity index (χ3v) is 13.7. The van der Waals surface area contributed by atoms with Crippen molar-refractivity contribution in [2.75, 3.05) is 9.80 Å². The van der Waals surface area contributed by atoms with E-state index in [0.717, 1.165) is 44.4 Å². The van der Waals surface area contributed by atoms with E-state index < -0.39 is 0 Å². The van der Waals surface area contributed by atoms with Crippen LogP contribution in [0.4, 0.5) is 34.1 Å². The molecule has 3 heterocycles. The molecule has 0 radical (unpaired) electrons. The molecule has 0 atom stereocenters. The summed E-state index contributed by atoms with van der Waals surface area (Å²) in [7, 11) is 0. The number of fused-ring (bicyclic) bond motifs is 7. The zero-order chi connectivity index (χ0) is 44.3. The van der Waals surface area contributed by atoms with Crippen LogP contribution >= 0.6 is 0 Å². The average molecular weight is 831 g/mol. The summed E-state index contributed by atoms with van der Waals surface area (Å²) in [5.41, 5.74) is 21.4. The van der Waals surface area contributed by atoms with E-state index in [1.807, 2.05) is 6.07 Å². The van der Waals surface area contributed by atoms with Crippen LogP contribution in [0.15, 0.2) is 174 Å². The first-order valence-electron chi connectivity index (χ1n) is 22.9. The number of para-hydroxylation sites is 2. The molecule has 0 unspecified atom stereocenters. The highest BCUT2D eigenvalue weighted by Gasteiger charge is 2.44. The minimum atomic E-state index is -0.0566. The second-order valence-electron chi connectivity index (χ2n) is 21.1. The molecular formula is C60H55BN2O. The highest BCUT2D eigenvalue weighted by atomic mass is 16.3. The number of benzene rings is 8. The SMILES string of the molecule is CC(C)(C)c1ccc(N2c3cc(C(C)(C)C)ccc3B3c4ccc(C(C)(C)C)cc4N(c4cccc(-c5cccc6c5oc5ccccc56)c4)c4cc(-c5ccccc5)cc2c43)cc1. The maximum Gasteiger partial charge on any atom is 0.252 e. The lowest BCUT2D eigenvalue weighted by Crippen LogP contribution is -2.61. The molecule has 0 spiro atoms. The van der Waals surface area contributed by atoms with Crippen LogP contribution in [0.2, 0.25) is 0 Å². The Hall–Kier alpha value is -6.78. The van der Waals surface area contributed by atoms with Gasteiger partial charge in [-0.25, -0.2) is 0 Å². The standard InChI is InChI=1S/C60H55BN2O/c1-58(2,3)41-25-29-44(30-26-41)62-51-36-42(59(4,5)6)27-31-49(51)61-50-32-28-43(60(7,8)9)37-52(50)63(54-35-40(34-53(62)56(54)61)38-17-11-10-12-18-38)45-20-15-19-39(33-45)46-22-16-23-48-47-21-13-14-24-55(47)64-57(46)48/h10-37H,1-9H3. The van der Waals surface area contributed by atoms with Gasteiger partial charge in [0.1, 0.15) is 11.2 Å². The van der Waals surface area contributed by atoms with Crippen molar-refractivity contribution in [2.24, 2.45) is 0 Å². The fourth-order valence-electron chi connectivity index (χ4n) is 10.2. The number of nitrogens with zero attached hydrogens (tertiary/aromatic N) is 2. The maximum absolute atomic E-state index is 6.63. The first kappa shape index (κ1) is 40.0. The Balaban J connectivity index is 1.22. The fourth-order valence-corrected chi connectivity index (χ4v) is 10.2. The van der Waals surface area contributed by atoms with E-state index in [9.17, 15) is 0 Å². The summed E-state index contributed by atoms with van der Waals surface area (Å²) < 4.78 is 6.63. The van der Waals surface area contributed by atoms with E-state index in [4.69, 9.17) is 4.42 Å². The molecule has 0 fully saturated rings. The van der Waals surface area contributed by atoms with Crippen LogP contribution < -0.4 is 26.2 Å². The Kier molecular flexibility index (Phi) is 8.99. The van der Waals surface area contributed by atoms with Gasteiger partial charge in [0.2, 0.25) is 0 Å². The monoisotopic (exact) mass is 830 g/mol. The van der Waals surface area contributed by atoms with E-state index in [0.29, 0.717) is 0 Å². The van der Waals surface area contributed by atoms with Gasteiger partial charge in [-0.15, -0.1) is 0 Å². The van der Waals surface area contributed by atoms with Crippen LogP contribution in [0.5, 0.6) is 0 Å². The average Bonchev–Trinajstić information content (AvgIpc) is 3.67. The molecule has 4 heteroatoms. The Morgan fingerprint density at radius 2 is 0.922 bits per heavy atom. The molecule has 2 aliphatic rings. The quantitative estimate of drug-likeness (QED) is 0.165. The van der Waals surface area contributed by atoms with Gasteiger partial charge in [0.05, 0.1) is 0 Å². The zero-order valence-corrected chi connectivity index (χ0v) is 38.5. The lowest BCUT2D eigenvalue weighted by Gasteiger charge is -2.45. The molecule has 0 bridgehead atoms. The largest absolute Gasteiger partial charge is 0.455 e. The van der Waals surface area contributed by atoms with Gasteiger partial charge in [0.15, 0.2) is 0 Å². The second kappa shape index (κ2) is 14.4. The van der Waals surface area contributed by atoms with E-state index in [1.165, 1.54) is 67.0 Å². The summed E-state index contributed by atoms with van der Waals surface area (Å²) in [6, 6.07) is 63.7. The minimum absolute atomic E-state index is 0.0108. The van der Waals surface area contributed by atoms with Gasteiger partial charge in [-0.1, -0.05) is 178 Å². The van der Waals surface area contributed by atoms with E-state index in [1.54, 1.807) is 0 Å². The highest BCUT2D eigenvalue weighted by molar-refractivity contribution is 7.00. The lowest BCUT2D eigenvalue weighted by atomic mass is 9.33. The molecule has 1 aromatic heterocycles. The van der Waals surface area contributed by atoms with E-state index >= 15 is 0 Å². The molecule has 9 aromatic rings. The predicted molar refractivity (Wildman–Crippen MR) is 275 cm³/mol. The molecule has 11 rings (SSSR count). The molecule has 314 valence electrons. The predicted octanol–water partition coefficient (Wildman–Crippen LogP) is 14.9. The summed E-state index contributed by atoms with van der Waals surface area (Å²) in [5.74, 6) is 0. The van der Waals surface area contributed by atoms with Gasteiger partial charge in [-0.2, -0.15) is 0 Å². The summed E-state index contributed by atoms with van der Waals surface area (Å²) in [5, 5.41) is 2.27. The first-order chi connectivity index (χ1) is 30.6. The maximum atomic E-state index is 6.63. The molecular weight excluding hydrogens is 775 g/mol. The molecule has 0 N–H and O–H groups in total. The zero-order valence-electron chi connectivity index (χ0n) is 38.5. The summed E-state index contributed by atoms with van der Waals surface area (Å²) in [6.07, 6.45) is 0. The van der Waals surface area contributed by atoms with Crippen LogP contribution in [-0.2, 0) is 16.2 Å². The Morgan fingerprint density at radius 1 is 0.391 bits per heavy atom. The van der Waals surface area contributed by atoms with Crippen molar-refractivity contribution in [2.45, 2.75) is 78.6 Å². The van der Waals surface area contributed by atoms with Crippen molar-refractivity contribution in [1.29, 1.82) is 0 Å². The number of hydrogen-bond acceptors (Lipinski definition) is 3. The van der Waals surface area contributed by atoms with Crippen LogP contribution in [-0.4, -0.2) is 6.71 Å². The van der Waals surface area contributed by atoms with Crippen LogP contribution in [0.1, 0.15) is 79.0 Å². The summed E-state index contributed by atoms with van der Waals surface area (Å²) in [4.78, 5) is 5.12. The van der Waals surface area contributed by atoms with Crippen molar-refractivity contribution < 1.29 is 4.42 Å². The summed E-state index contributed by atoms with van der Waals surface area (Å²) in [6.45, 7) is 20.8. The van der Waals surface area contributed by atoms with Gasteiger partial charge in [0, 0.05) is 50.5 Å². The molecule has 2 aliphatic heterocycles. The van der Waals surface area contributed by atoms with Crippen molar-refractivity contribution in [3.63, 3.8) is 0 Å². The molecule has 3 nitrogen and oxygen atoms in total. The fraction of sp³-hybridized carbons (Fsp3) is 0.200. The van der Waals surface area contributed by atoms with Gasteiger partial charge >= 0.3 is 0 Å². The van der Waals surface area contributed by atoms with Crippen LogP contribution in [0.3, 0.4) is 0 Å². The normalized spacial score (nSPS) is 13.6. The van der Waals surface area contributed by atoms with Gasteiger partial charge in [-0.3, -0.25) is 0 Å². The second-order valence-corrected chi connectivity index (χ2v) is 21.1. The smallest absolute Gasteiger partial charge is 0.252 e. The summed E-state index contributed by atoms with van der Waals surface area (Å²) >= 11 is 0. The van der Waals surface area contributed by atoms with Crippen molar-refractivity contribution in [3.8, 4) is 22.3 Å². The van der Waals surface area contributed by atoms with Gasteiger partial charge in [0.25, 0.3) is 6.71 Å². The highest BCUT2D eigenvalue weighted by Crippen LogP contribution is 2.48. The Morgan fingerprint density at radius 3 is 1.55 bits per heavy atom. The number of anilines is 6. The van der Waals surface area contributed by atoms with Crippen molar-refractivity contribution in [3.05, 3.63) is 187 Å². The lowest BCUT2D eigenvalue weighted by molar-refractivity contribution is 0.590. The van der Waals surface area contributed by atoms with Gasteiger partial charge in [-0.05, 0) is 121 Å². The molecule has 0 saturated carbocycles. The third-order valence-electron chi connectivity index (χ3n) is 13.7.